The molecule has 0 aliphatic carbocycles. The van der Waals surface area contributed by atoms with Gasteiger partial charge in [0.05, 0.1) is 5.56 Å². The lowest BCUT2D eigenvalue weighted by molar-refractivity contribution is 0.0743. The Morgan fingerprint density at radius 2 is 2.24 bits per heavy atom. The molecule has 1 amide bonds. The first kappa shape index (κ1) is 15.8. The van der Waals surface area contributed by atoms with Gasteiger partial charge in [0, 0.05) is 38.9 Å². The number of pyridine rings is 1. The number of anilines is 1. The number of nitrogens with zero attached hydrogens (tertiary/aromatic N) is 3. The number of hydrogen-bond acceptors (Lipinski definition) is 4. The van der Waals surface area contributed by atoms with Crippen LogP contribution >= 0.6 is 0 Å². The Morgan fingerprint density at radius 3 is 2.76 bits per heavy atom. The molecule has 5 heteroatoms. The zero-order valence-corrected chi connectivity index (χ0v) is 13.3. The highest BCUT2D eigenvalue weighted by Gasteiger charge is 2.24. The molecule has 0 bridgehead atoms. The zero-order chi connectivity index (χ0) is 15.2. The summed E-state index contributed by atoms with van der Waals surface area (Å²) in [5, 5.41) is 3.29. The summed E-state index contributed by atoms with van der Waals surface area (Å²) in [6.45, 7) is 8.07. The molecule has 21 heavy (non-hydrogen) atoms. The summed E-state index contributed by atoms with van der Waals surface area (Å²) in [7, 11) is 1.88. The molecule has 5 nitrogen and oxygen atoms in total. The molecular weight excluding hydrogens is 264 g/mol. The summed E-state index contributed by atoms with van der Waals surface area (Å²) in [5.41, 5.74) is 0.667. The van der Waals surface area contributed by atoms with Crippen molar-refractivity contribution < 1.29 is 4.79 Å². The van der Waals surface area contributed by atoms with Crippen LogP contribution in [0.4, 0.5) is 5.82 Å². The van der Waals surface area contributed by atoms with Crippen LogP contribution in [0.15, 0.2) is 18.3 Å². The van der Waals surface area contributed by atoms with Gasteiger partial charge in [0.15, 0.2) is 0 Å². The van der Waals surface area contributed by atoms with Crippen molar-refractivity contribution in [3.63, 3.8) is 0 Å². The number of nitrogens with one attached hydrogen (secondary N) is 1. The van der Waals surface area contributed by atoms with Crippen LogP contribution in [0.2, 0.25) is 0 Å². The van der Waals surface area contributed by atoms with Crippen molar-refractivity contribution in [1.29, 1.82) is 0 Å². The van der Waals surface area contributed by atoms with Crippen molar-refractivity contribution in [3.8, 4) is 0 Å². The lowest BCUT2D eigenvalue weighted by Crippen LogP contribution is -2.38. The van der Waals surface area contributed by atoms with Crippen LogP contribution in [0.25, 0.3) is 0 Å². The van der Waals surface area contributed by atoms with Crippen LogP contribution in [0, 0.1) is 0 Å². The van der Waals surface area contributed by atoms with Gasteiger partial charge in [-0.3, -0.25) is 4.79 Å². The Kier molecular flexibility index (Phi) is 5.56. The van der Waals surface area contributed by atoms with Gasteiger partial charge in [-0.25, -0.2) is 4.98 Å². The lowest BCUT2D eigenvalue weighted by atomic mass is 10.2. The maximum absolute atomic E-state index is 12.5. The van der Waals surface area contributed by atoms with Gasteiger partial charge in [-0.1, -0.05) is 6.92 Å². The van der Waals surface area contributed by atoms with E-state index in [9.17, 15) is 4.79 Å². The van der Waals surface area contributed by atoms with Crippen molar-refractivity contribution in [2.45, 2.75) is 32.7 Å². The predicted octanol–water partition coefficient (Wildman–Crippen LogP) is 1.75. The molecule has 1 aliphatic heterocycles. The number of rotatable bonds is 6. The van der Waals surface area contributed by atoms with E-state index in [4.69, 9.17) is 0 Å². The third-order valence-electron chi connectivity index (χ3n) is 4.10. The quantitative estimate of drug-likeness (QED) is 0.867. The van der Waals surface area contributed by atoms with Crippen LogP contribution in [0.1, 0.15) is 37.0 Å². The number of aromatic nitrogens is 1. The minimum absolute atomic E-state index is 0.0567. The van der Waals surface area contributed by atoms with Crippen molar-refractivity contribution in [2.75, 3.05) is 38.1 Å². The van der Waals surface area contributed by atoms with E-state index in [-0.39, 0.29) is 5.91 Å². The molecule has 1 aliphatic rings. The molecule has 116 valence electrons. The maximum atomic E-state index is 12.5. The minimum atomic E-state index is 0.0567. The Morgan fingerprint density at radius 1 is 1.43 bits per heavy atom. The van der Waals surface area contributed by atoms with E-state index >= 15 is 0 Å². The van der Waals surface area contributed by atoms with E-state index in [1.54, 1.807) is 6.20 Å². The smallest absolute Gasteiger partial charge is 0.255 e. The topological polar surface area (TPSA) is 48.5 Å². The molecule has 0 saturated carbocycles. The monoisotopic (exact) mass is 290 g/mol. The molecule has 0 spiro atoms. The Hall–Kier alpha value is -1.62. The van der Waals surface area contributed by atoms with Crippen LogP contribution in [-0.4, -0.2) is 55.1 Å². The van der Waals surface area contributed by atoms with Gasteiger partial charge in [0.1, 0.15) is 5.82 Å². The van der Waals surface area contributed by atoms with Crippen LogP contribution in [0.5, 0.6) is 0 Å². The van der Waals surface area contributed by atoms with Crippen molar-refractivity contribution >= 4 is 11.7 Å². The van der Waals surface area contributed by atoms with Gasteiger partial charge < -0.3 is 15.1 Å². The zero-order valence-electron chi connectivity index (χ0n) is 13.3. The fraction of sp³-hybridized carbons (Fsp3) is 0.625. The van der Waals surface area contributed by atoms with E-state index in [2.05, 4.69) is 29.0 Å². The van der Waals surface area contributed by atoms with Gasteiger partial charge in [0.2, 0.25) is 0 Å². The summed E-state index contributed by atoms with van der Waals surface area (Å²) >= 11 is 0. The summed E-state index contributed by atoms with van der Waals surface area (Å²) in [4.78, 5) is 21.0. The number of likely N-dealkylation sites (N-methyl/N-ethyl adjacent to an activating group) is 1. The molecule has 2 rings (SSSR count). The van der Waals surface area contributed by atoms with Crippen LogP contribution in [-0.2, 0) is 0 Å². The molecule has 1 atom stereocenters. The predicted molar refractivity (Wildman–Crippen MR) is 85.8 cm³/mol. The van der Waals surface area contributed by atoms with Gasteiger partial charge in [-0.2, -0.15) is 0 Å². The molecule has 1 fully saturated rings. The number of carbonyl (C=O) groups excluding carboxylic acids is 1. The number of amides is 1. The molecule has 1 aromatic heterocycles. The van der Waals surface area contributed by atoms with E-state index in [0.29, 0.717) is 11.6 Å². The Bertz CT molecular complexity index is 454. The number of carbonyl (C=O) groups is 1. The molecule has 2 heterocycles. The summed E-state index contributed by atoms with van der Waals surface area (Å²) < 4.78 is 0. The average Bonchev–Trinajstić information content (AvgIpc) is 3.06. The number of hydrogen-bond donors (Lipinski definition) is 1. The first-order valence-electron chi connectivity index (χ1n) is 7.86. The van der Waals surface area contributed by atoms with Crippen molar-refractivity contribution in [3.05, 3.63) is 23.9 Å². The SMILES string of the molecule is CCCN(CC)c1ccc(C(=O)N(C)C2CCNC2)cn1. The third-order valence-corrected chi connectivity index (χ3v) is 4.10. The molecule has 1 N–H and O–H groups in total. The maximum Gasteiger partial charge on any atom is 0.255 e. The highest BCUT2D eigenvalue weighted by atomic mass is 16.2. The molecule has 0 radical (unpaired) electrons. The second-order valence-electron chi connectivity index (χ2n) is 5.55. The van der Waals surface area contributed by atoms with Gasteiger partial charge in [-0.05, 0) is 38.4 Å². The standard InChI is InChI=1S/C16H26N4O/c1-4-10-20(5-2)15-7-6-13(11-18-15)16(21)19(3)14-8-9-17-12-14/h6-7,11,14,17H,4-5,8-10,12H2,1-3H3. The minimum Gasteiger partial charge on any atom is -0.357 e. The third kappa shape index (κ3) is 3.73. The first-order valence-corrected chi connectivity index (χ1v) is 7.86. The summed E-state index contributed by atoms with van der Waals surface area (Å²) in [6.07, 6.45) is 3.82. The first-order chi connectivity index (χ1) is 10.2. The summed E-state index contributed by atoms with van der Waals surface area (Å²) in [6, 6.07) is 4.14. The highest BCUT2D eigenvalue weighted by Crippen LogP contribution is 2.15. The molecule has 1 saturated heterocycles. The molecular formula is C16H26N4O. The normalized spacial score (nSPS) is 17.8. The molecule has 1 aromatic rings. The van der Waals surface area contributed by atoms with Gasteiger partial charge >= 0.3 is 0 Å². The van der Waals surface area contributed by atoms with E-state index in [0.717, 1.165) is 44.8 Å². The van der Waals surface area contributed by atoms with Crippen molar-refractivity contribution in [1.82, 2.24) is 15.2 Å². The second kappa shape index (κ2) is 7.41. The Labute approximate surface area is 127 Å². The largest absolute Gasteiger partial charge is 0.357 e. The Balaban J connectivity index is 2.05. The van der Waals surface area contributed by atoms with Gasteiger partial charge in [0.25, 0.3) is 5.91 Å². The highest BCUT2D eigenvalue weighted by molar-refractivity contribution is 5.94. The lowest BCUT2D eigenvalue weighted by Gasteiger charge is -2.24. The average molecular weight is 290 g/mol. The van der Waals surface area contributed by atoms with Crippen molar-refractivity contribution in [2.24, 2.45) is 0 Å². The fourth-order valence-electron chi connectivity index (χ4n) is 2.74. The fourth-order valence-corrected chi connectivity index (χ4v) is 2.74. The summed E-state index contributed by atoms with van der Waals surface area (Å²) in [5.74, 6) is 1.00. The molecule has 0 aromatic carbocycles. The van der Waals surface area contributed by atoms with Gasteiger partial charge in [-0.15, -0.1) is 0 Å². The van der Waals surface area contributed by atoms with Crippen LogP contribution < -0.4 is 10.2 Å². The second-order valence-corrected chi connectivity index (χ2v) is 5.55. The molecule has 1 unspecified atom stereocenters. The van der Waals surface area contributed by atoms with Crippen LogP contribution in [0.3, 0.4) is 0 Å². The van der Waals surface area contributed by atoms with E-state index < -0.39 is 0 Å². The van der Waals surface area contributed by atoms with E-state index in [1.807, 2.05) is 24.1 Å². The van der Waals surface area contributed by atoms with E-state index in [1.165, 1.54) is 0 Å².